The van der Waals surface area contributed by atoms with Crippen LogP contribution in [0, 0.1) is 0 Å². The largest absolute Gasteiger partial charge is 0.389 e. The van der Waals surface area contributed by atoms with Crippen molar-refractivity contribution in [1.82, 2.24) is 4.90 Å². The van der Waals surface area contributed by atoms with Gasteiger partial charge in [0, 0.05) is 19.0 Å². The van der Waals surface area contributed by atoms with Crippen molar-refractivity contribution in [1.29, 1.82) is 0 Å². The highest BCUT2D eigenvalue weighted by Gasteiger charge is 2.17. The van der Waals surface area contributed by atoms with Gasteiger partial charge in [-0.2, -0.15) is 0 Å². The van der Waals surface area contributed by atoms with E-state index < -0.39 is 5.60 Å². The lowest BCUT2D eigenvalue weighted by molar-refractivity contribution is 0.0409. The Morgan fingerprint density at radius 3 is 2.38 bits per heavy atom. The second-order valence-corrected chi connectivity index (χ2v) is 4.27. The van der Waals surface area contributed by atoms with Gasteiger partial charge in [-0.3, -0.25) is 4.90 Å². The van der Waals surface area contributed by atoms with Gasteiger partial charge in [0.15, 0.2) is 0 Å². The normalized spacial score (nSPS) is 12.2. The number of rotatable bonds is 6. The van der Waals surface area contributed by atoms with Gasteiger partial charge in [-0.1, -0.05) is 13.5 Å². The van der Waals surface area contributed by atoms with Gasteiger partial charge in [0.05, 0.1) is 5.60 Å². The summed E-state index contributed by atoms with van der Waals surface area (Å²) in [5.74, 6) is 0.488. The quantitative estimate of drug-likeness (QED) is 0.529. The maximum absolute atomic E-state index is 9.60. The molecule has 0 bridgehead atoms. The van der Waals surface area contributed by atoms with Gasteiger partial charge in [0.1, 0.15) is 0 Å². The van der Waals surface area contributed by atoms with Crippen LogP contribution in [0.4, 0.5) is 0 Å². The Kier molecular flexibility index (Phi) is 5.61. The minimum atomic E-state index is -0.650. The number of halogens is 1. The van der Waals surface area contributed by atoms with Crippen LogP contribution in [0.25, 0.3) is 0 Å². The number of hydrogen-bond acceptors (Lipinski definition) is 2. The summed E-state index contributed by atoms with van der Waals surface area (Å²) in [7, 11) is 0. The smallest absolute Gasteiger partial charge is 0.0718 e. The summed E-state index contributed by atoms with van der Waals surface area (Å²) >= 11 is 5.64. The minimum Gasteiger partial charge on any atom is -0.389 e. The predicted octanol–water partition coefficient (Wildman–Crippen LogP) is 1.87. The summed E-state index contributed by atoms with van der Waals surface area (Å²) in [6.07, 6.45) is 0. The van der Waals surface area contributed by atoms with E-state index in [1.54, 1.807) is 13.8 Å². The molecule has 0 aliphatic rings. The van der Waals surface area contributed by atoms with Crippen LogP contribution >= 0.6 is 11.6 Å². The molecule has 78 valence electrons. The van der Waals surface area contributed by atoms with Gasteiger partial charge in [0.25, 0.3) is 0 Å². The van der Waals surface area contributed by atoms with Gasteiger partial charge < -0.3 is 5.11 Å². The van der Waals surface area contributed by atoms with Crippen molar-refractivity contribution in [3.63, 3.8) is 0 Å². The van der Waals surface area contributed by atoms with Crippen LogP contribution in [0.3, 0.4) is 0 Å². The first-order valence-electron chi connectivity index (χ1n) is 4.56. The fourth-order valence-corrected chi connectivity index (χ4v) is 1.27. The van der Waals surface area contributed by atoms with E-state index in [-0.39, 0.29) is 0 Å². The molecule has 0 spiro atoms. The third-order valence-corrected chi connectivity index (χ3v) is 2.07. The molecule has 0 aromatic heterocycles. The van der Waals surface area contributed by atoms with Crippen LogP contribution in [0.1, 0.15) is 20.8 Å². The minimum absolute atomic E-state index is 0.488. The summed E-state index contributed by atoms with van der Waals surface area (Å²) < 4.78 is 0. The van der Waals surface area contributed by atoms with Crippen LogP contribution in [0.15, 0.2) is 12.2 Å². The summed E-state index contributed by atoms with van der Waals surface area (Å²) in [5.41, 5.74) is 0.343. The molecule has 0 heterocycles. The van der Waals surface area contributed by atoms with E-state index >= 15 is 0 Å². The lowest BCUT2D eigenvalue weighted by atomic mass is 10.1. The van der Waals surface area contributed by atoms with Gasteiger partial charge >= 0.3 is 0 Å². The van der Waals surface area contributed by atoms with Crippen molar-refractivity contribution < 1.29 is 5.11 Å². The number of aliphatic hydroxyl groups is 1. The Labute approximate surface area is 86.2 Å². The molecule has 0 unspecified atom stereocenters. The molecule has 0 aromatic carbocycles. The highest BCUT2D eigenvalue weighted by atomic mass is 35.5. The van der Waals surface area contributed by atoms with Crippen molar-refractivity contribution in [3.8, 4) is 0 Å². The molecule has 0 saturated heterocycles. The summed E-state index contributed by atoms with van der Waals surface area (Å²) in [5, 5.41) is 9.60. The SMILES string of the molecule is C=C(CCl)CN(CC)CC(C)(C)O. The van der Waals surface area contributed by atoms with E-state index in [0.717, 1.165) is 18.7 Å². The molecule has 0 aliphatic heterocycles. The fraction of sp³-hybridized carbons (Fsp3) is 0.800. The van der Waals surface area contributed by atoms with Crippen LogP contribution < -0.4 is 0 Å². The molecule has 0 rings (SSSR count). The molecule has 13 heavy (non-hydrogen) atoms. The molecule has 0 aromatic rings. The highest BCUT2D eigenvalue weighted by molar-refractivity contribution is 6.19. The Morgan fingerprint density at radius 2 is 2.08 bits per heavy atom. The lowest BCUT2D eigenvalue weighted by Gasteiger charge is -2.28. The van der Waals surface area contributed by atoms with Crippen LogP contribution in [0.5, 0.6) is 0 Å². The van der Waals surface area contributed by atoms with Crippen molar-refractivity contribution in [2.75, 3.05) is 25.5 Å². The molecular formula is C10H20ClNO. The monoisotopic (exact) mass is 205 g/mol. The molecule has 1 N–H and O–H groups in total. The maximum atomic E-state index is 9.60. The second-order valence-electron chi connectivity index (χ2n) is 4.00. The van der Waals surface area contributed by atoms with Crippen molar-refractivity contribution in [3.05, 3.63) is 12.2 Å². The van der Waals surface area contributed by atoms with E-state index in [0.29, 0.717) is 12.4 Å². The molecule has 0 radical (unpaired) electrons. The van der Waals surface area contributed by atoms with E-state index in [2.05, 4.69) is 18.4 Å². The molecule has 0 saturated carbocycles. The molecule has 0 fully saturated rings. The molecule has 2 nitrogen and oxygen atoms in total. The van der Waals surface area contributed by atoms with Crippen LogP contribution in [0.2, 0.25) is 0 Å². The summed E-state index contributed by atoms with van der Waals surface area (Å²) in [4.78, 5) is 2.13. The Balaban J connectivity index is 3.97. The van der Waals surface area contributed by atoms with E-state index in [1.165, 1.54) is 0 Å². The molecule has 0 atom stereocenters. The number of hydrogen-bond donors (Lipinski definition) is 1. The van der Waals surface area contributed by atoms with Gasteiger partial charge in [-0.05, 0) is 26.0 Å². The zero-order valence-electron chi connectivity index (χ0n) is 8.81. The van der Waals surface area contributed by atoms with Gasteiger partial charge in [-0.25, -0.2) is 0 Å². The van der Waals surface area contributed by atoms with Crippen LogP contribution in [-0.4, -0.2) is 41.1 Å². The van der Waals surface area contributed by atoms with Crippen LogP contribution in [-0.2, 0) is 0 Å². The number of nitrogens with zero attached hydrogens (tertiary/aromatic N) is 1. The first-order chi connectivity index (χ1) is 5.89. The first kappa shape index (κ1) is 12.9. The van der Waals surface area contributed by atoms with Gasteiger partial charge in [0.2, 0.25) is 0 Å². The molecule has 0 amide bonds. The summed E-state index contributed by atoms with van der Waals surface area (Å²) in [6.45, 7) is 11.8. The third kappa shape index (κ3) is 7.05. The number of likely N-dealkylation sites (N-methyl/N-ethyl adjacent to an activating group) is 1. The van der Waals surface area contributed by atoms with E-state index in [4.69, 9.17) is 11.6 Å². The lowest BCUT2D eigenvalue weighted by Crippen LogP contribution is -2.39. The Hall–Kier alpha value is -0.0500. The zero-order valence-corrected chi connectivity index (χ0v) is 9.56. The fourth-order valence-electron chi connectivity index (χ4n) is 1.19. The topological polar surface area (TPSA) is 23.5 Å². The zero-order chi connectivity index (χ0) is 10.5. The van der Waals surface area contributed by atoms with E-state index in [9.17, 15) is 5.11 Å². The standard InChI is InChI=1S/C10H20ClNO/c1-5-12(7-9(2)6-11)8-10(3,4)13/h13H,2,5-8H2,1,3-4H3. The van der Waals surface area contributed by atoms with E-state index in [1.807, 2.05) is 0 Å². The van der Waals surface area contributed by atoms with Crippen molar-refractivity contribution in [2.24, 2.45) is 0 Å². The van der Waals surface area contributed by atoms with Crippen molar-refractivity contribution in [2.45, 2.75) is 26.4 Å². The Morgan fingerprint density at radius 1 is 1.54 bits per heavy atom. The average Bonchev–Trinajstić information content (AvgIpc) is 2.00. The van der Waals surface area contributed by atoms with Crippen molar-refractivity contribution >= 4 is 11.6 Å². The second kappa shape index (κ2) is 5.63. The predicted molar refractivity (Wildman–Crippen MR) is 58.3 cm³/mol. The average molecular weight is 206 g/mol. The summed E-state index contributed by atoms with van der Waals surface area (Å²) in [6, 6.07) is 0. The highest BCUT2D eigenvalue weighted by Crippen LogP contribution is 2.07. The van der Waals surface area contributed by atoms with Gasteiger partial charge in [-0.15, -0.1) is 11.6 Å². The molecule has 0 aliphatic carbocycles. The molecular weight excluding hydrogens is 186 g/mol. The molecule has 3 heteroatoms. The maximum Gasteiger partial charge on any atom is 0.0718 e. The Bertz CT molecular complexity index is 163. The first-order valence-corrected chi connectivity index (χ1v) is 5.10. The number of alkyl halides is 1. The third-order valence-electron chi connectivity index (χ3n) is 1.69.